The molecule has 0 aliphatic carbocycles. The zero-order valence-electron chi connectivity index (χ0n) is 14.7. The molecule has 2 aromatic carbocycles. The van der Waals surface area contributed by atoms with E-state index in [1.54, 1.807) is 0 Å². The van der Waals surface area contributed by atoms with Gasteiger partial charge in [-0.25, -0.2) is 0 Å². The van der Waals surface area contributed by atoms with E-state index >= 15 is 0 Å². The Labute approximate surface area is 158 Å². The minimum atomic E-state index is 0.0756. The molecule has 26 heavy (non-hydrogen) atoms. The Morgan fingerprint density at radius 3 is 2.77 bits per heavy atom. The number of fused-ring (bicyclic) bond motifs is 1. The van der Waals surface area contributed by atoms with Crippen LogP contribution in [0.3, 0.4) is 0 Å². The van der Waals surface area contributed by atoms with Crippen LogP contribution in [0.2, 0.25) is 5.02 Å². The summed E-state index contributed by atoms with van der Waals surface area (Å²) >= 11 is 5.96. The number of benzene rings is 2. The van der Waals surface area contributed by atoms with Crippen molar-refractivity contribution in [3.8, 4) is 0 Å². The first kappa shape index (κ1) is 18.5. The van der Waals surface area contributed by atoms with Gasteiger partial charge in [-0.1, -0.05) is 41.9 Å². The molecule has 0 saturated carbocycles. The van der Waals surface area contributed by atoms with E-state index in [1.807, 2.05) is 30.3 Å². The lowest BCUT2D eigenvalue weighted by Gasteiger charge is -2.07. The van der Waals surface area contributed by atoms with Gasteiger partial charge in [0.15, 0.2) is 0 Å². The minimum absolute atomic E-state index is 0.0756. The van der Waals surface area contributed by atoms with Crippen molar-refractivity contribution in [2.75, 3.05) is 19.6 Å². The smallest absolute Gasteiger partial charge is 0.221 e. The molecule has 0 saturated heterocycles. The van der Waals surface area contributed by atoms with Crippen LogP contribution in [0.15, 0.2) is 54.7 Å². The molecule has 0 radical (unpaired) electrons. The molecule has 0 fully saturated rings. The number of aromatic nitrogens is 1. The summed E-state index contributed by atoms with van der Waals surface area (Å²) < 4.78 is 0. The van der Waals surface area contributed by atoms with Crippen molar-refractivity contribution < 1.29 is 4.79 Å². The van der Waals surface area contributed by atoms with E-state index in [0.29, 0.717) is 19.5 Å². The van der Waals surface area contributed by atoms with E-state index in [0.717, 1.165) is 30.0 Å². The molecular formula is C21H24ClN3O. The largest absolute Gasteiger partial charge is 0.361 e. The zero-order valence-corrected chi connectivity index (χ0v) is 15.5. The molecule has 3 aromatic rings. The molecule has 3 rings (SSSR count). The van der Waals surface area contributed by atoms with Crippen LogP contribution >= 0.6 is 11.6 Å². The van der Waals surface area contributed by atoms with Gasteiger partial charge in [0.25, 0.3) is 0 Å². The third-order valence-electron chi connectivity index (χ3n) is 4.40. The zero-order chi connectivity index (χ0) is 18.2. The first-order valence-corrected chi connectivity index (χ1v) is 9.37. The Balaban J connectivity index is 1.29. The molecule has 3 N–H and O–H groups in total. The third kappa shape index (κ3) is 5.35. The molecule has 1 amide bonds. The number of carbonyl (C=O) groups excluding carboxylic acids is 1. The summed E-state index contributed by atoms with van der Waals surface area (Å²) in [5, 5.41) is 8.30. The summed E-state index contributed by atoms with van der Waals surface area (Å²) in [4.78, 5) is 15.2. The van der Waals surface area contributed by atoms with Crippen LogP contribution in [-0.4, -0.2) is 30.5 Å². The Bertz CT molecular complexity index is 859. The van der Waals surface area contributed by atoms with E-state index in [9.17, 15) is 4.79 Å². The minimum Gasteiger partial charge on any atom is -0.361 e. The van der Waals surface area contributed by atoms with Gasteiger partial charge < -0.3 is 15.6 Å². The average Bonchev–Trinajstić information content (AvgIpc) is 3.05. The van der Waals surface area contributed by atoms with Crippen molar-refractivity contribution in [3.05, 3.63) is 70.9 Å². The van der Waals surface area contributed by atoms with Gasteiger partial charge in [-0.3, -0.25) is 4.79 Å². The first-order chi connectivity index (χ1) is 12.7. The van der Waals surface area contributed by atoms with E-state index in [4.69, 9.17) is 11.6 Å². The van der Waals surface area contributed by atoms with E-state index in [1.165, 1.54) is 16.5 Å². The second-order valence-electron chi connectivity index (χ2n) is 6.34. The van der Waals surface area contributed by atoms with Crippen molar-refractivity contribution in [1.82, 2.24) is 15.6 Å². The Morgan fingerprint density at radius 1 is 1.00 bits per heavy atom. The average molecular weight is 370 g/mol. The molecule has 5 heteroatoms. The van der Waals surface area contributed by atoms with Crippen molar-refractivity contribution in [3.63, 3.8) is 0 Å². The molecule has 0 bridgehead atoms. The SMILES string of the molecule is O=C(CCNCCc1c[nH]c2ccccc12)NCCc1cccc(Cl)c1. The third-order valence-corrected chi connectivity index (χ3v) is 4.63. The summed E-state index contributed by atoms with van der Waals surface area (Å²) in [6.45, 7) is 2.18. The lowest BCUT2D eigenvalue weighted by molar-refractivity contribution is -0.120. The predicted octanol–water partition coefficient (Wildman–Crippen LogP) is 3.70. The van der Waals surface area contributed by atoms with Crippen LogP contribution < -0.4 is 10.6 Å². The lowest BCUT2D eigenvalue weighted by Crippen LogP contribution is -2.29. The number of amides is 1. The molecule has 0 atom stereocenters. The molecule has 0 spiro atoms. The van der Waals surface area contributed by atoms with Gasteiger partial charge in [0.2, 0.25) is 5.91 Å². The normalized spacial score (nSPS) is 11.0. The highest BCUT2D eigenvalue weighted by molar-refractivity contribution is 6.30. The van der Waals surface area contributed by atoms with Gasteiger partial charge in [-0.2, -0.15) is 0 Å². The molecular weight excluding hydrogens is 346 g/mol. The number of nitrogens with one attached hydrogen (secondary N) is 3. The highest BCUT2D eigenvalue weighted by atomic mass is 35.5. The highest BCUT2D eigenvalue weighted by Crippen LogP contribution is 2.17. The fourth-order valence-electron chi connectivity index (χ4n) is 3.02. The lowest BCUT2D eigenvalue weighted by atomic mass is 10.1. The number of hydrogen-bond acceptors (Lipinski definition) is 2. The van der Waals surface area contributed by atoms with Crippen molar-refractivity contribution in [1.29, 1.82) is 0 Å². The number of H-pyrrole nitrogens is 1. The highest BCUT2D eigenvalue weighted by Gasteiger charge is 2.04. The maximum absolute atomic E-state index is 11.9. The van der Waals surface area contributed by atoms with E-state index in [2.05, 4.69) is 40.0 Å². The Kier molecular flexibility index (Phi) is 6.69. The molecule has 136 valence electrons. The maximum atomic E-state index is 11.9. The van der Waals surface area contributed by atoms with Gasteiger partial charge in [0, 0.05) is 41.6 Å². The number of carbonyl (C=O) groups is 1. The van der Waals surface area contributed by atoms with E-state index < -0.39 is 0 Å². The summed E-state index contributed by atoms with van der Waals surface area (Å²) in [7, 11) is 0. The summed E-state index contributed by atoms with van der Waals surface area (Å²) in [5.74, 6) is 0.0756. The molecule has 1 aromatic heterocycles. The molecule has 0 aliphatic rings. The summed E-state index contributed by atoms with van der Waals surface area (Å²) in [6, 6.07) is 16.0. The van der Waals surface area contributed by atoms with Gasteiger partial charge in [0.05, 0.1) is 0 Å². The topological polar surface area (TPSA) is 56.9 Å². The second kappa shape index (κ2) is 9.41. The summed E-state index contributed by atoms with van der Waals surface area (Å²) in [6.07, 6.45) is 4.29. The standard InChI is InChI=1S/C21H24ClN3O/c22-18-5-3-4-16(14-18)8-13-24-21(26)10-12-23-11-9-17-15-25-20-7-2-1-6-19(17)20/h1-7,14-15,23,25H,8-13H2,(H,24,26). The van der Waals surface area contributed by atoms with Crippen molar-refractivity contribution in [2.24, 2.45) is 0 Å². The van der Waals surface area contributed by atoms with Crippen LogP contribution in [0.25, 0.3) is 10.9 Å². The van der Waals surface area contributed by atoms with E-state index in [-0.39, 0.29) is 5.91 Å². The Morgan fingerprint density at radius 2 is 1.88 bits per heavy atom. The molecule has 4 nitrogen and oxygen atoms in total. The number of halogens is 1. The maximum Gasteiger partial charge on any atom is 0.221 e. The number of para-hydroxylation sites is 1. The second-order valence-corrected chi connectivity index (χ2v) is 6.78. The predicted molar refractivity (Wildman–Crippen MR) is 108 cm³/mol. The van der Waals surface area contributed by atoms with Crippen LogP contribution in [0.5, 0.6) is 0 Å². The van der Waals surface area contributed by atoms with Crippen LogP contribution in [0.1, 0.15) is 17.5 Å². The number of rotatable bonds is 9. The molecule has 1 heterocycles. The van der Waals surface area contributed by atoms with Crippen LogP contribution in [0.4, 0.5) is 0 Å². The van der Waals surface area contributed by atoms with Gasteiger partial charge >= 0.3 is 0 Å². The quantitative estimate of drug-likeness (QED) is 0.504. The first-order valence-electron chi connectivity index (χ1n) is 8.99. The monoisotopic (exact) mass is 369 g/mol. The fourth-order valence-corrected chi connectivity index (χ4v) is 3.23. The van der Waals surface area contributed by atoms with Crippen molar-refractivity contribution >= 4 is 28.4 Å². The van der Waals surface area contributed by atoms with Crippen molar-refractivity contribution in [2.45, 2.75) is 19.3 Å². The number of aromatic amines is 1. The summed E-state index contributed by atoms with van der Waals surface area (Å²) in [5.41, 5.74) is 3.61. The van der Waals surface area contributed by atoms with Gasteiger partial charge in [0.1, 0.15) is 0 Å². The fraction of sp³-hybridized carbons (Fsp3) is 0.286. The van der Waals surface area contributed by atoms with Gasteiger partial charge in [-0.05, 0) is 48.7 Å². The molecule has 0 aliphatic heterocycles. The molecule has 0 unspecified atom stereocenters. The number of hydrogen-bond donors (Lipinski definition) is 3. The Hall–Kier alpha value is -2.30. The van der Waals surface area contributed by atoms with Crippen LogP contribution in [-0.2, 0) is 17.6 Å². The van der Waals surface area contributed by atoms with Gasteiger partial charge in [-0.15, -0.1) is 0 Å². The van der Waals surface area contributed by atoms with Crippen LogP contribution in [0, 0.1) is 0 Å².